The largest absolute Gasteiger partial charge is 0.378 e. The second-order valence-corrected chi connectivity index (χ2v) is 8.05. The molecule has 2 aliphatic rings. The Hall–Kier alpha value is 0.310. The molecule has 3 atom stereocenters. The summed E-state index contributed by atoms with van der Waals surface area (Å²) in [6.45, 7) is 1.01. The van der Waals surface area contributed by atoms with Crippen LogP contribution < -0.4 is 0 Å². The van der Waals surface area contributed by atoms with Crippen molar-refractivity contribution in [2.45, 2.75) is 102 Å². The zero-order chi connectivity index (χ0) is 15.5. The third kappa shape index (κ3) is 7.25. The summed E-state index contributed by atoms with van der Waals surface area (Å²) in [6.07, 6.45) is 21.5. The van der Waals surface area contributed by atoms with Gasteiger partial charge in [0.05, 0.1) is 6.10 Å². The molecule has 2 fully saturated rings. The first-order chi connectivity index (χ1) is 10.9. The summed E-state index contributed by atoms with van der Waals surface area (Å²) < 4.78 is 6.18. The van der Waals surface area contributed by atoms with Crippen molar-refractivity contribution in [2.75, 3.05) is 12.4 Å². The zero-order valence-corrected chi connectivity index (χ0v) is 15.4. The Bertz CT molecular complexity index is 268. The van der Waals surface area contributed by atoms with Gasteiger partial charge in [-0.2, -0.15) is 0 Å². The molecule has 0 spiro atoms. The average molecular weight is 326 g/mol. The van der Waals surface area contributed by atoms with Crippen molar-refractivity contribution in [1.29, 1.82) is 0 Å². The monoisotopic (exact) mass is 325 g/mol. The van der Waals surface area contributed by atoms with Crippen molar-refractivity contribution >= 4 is 12.6 Å². The van der Waals surface area contributed by atoms with Gasteiger partial charge in [-0.25, -0.2) is 0 Å². The summed E-state index contributed by atoms with van der Waals surface area (Å²) in [5.74, 6) is 3.00. The molecule has 0 heterocycles. The third-order valence-corrected chi connectivity index (χ3v) is 6.17. The maximum Gasteiger partial charge on any atom is 0.0578 e. The predicted molar refractivity (Wildman–Crippen MR) is 98.4 cm³/mol. The summed E-state index contributed by atoms with van der Waals surface area (Å²) >= 11 is 4.97. The summed E-state index contributed by atoms with van der Waals surface area (Å²) in [5.41, 5.74) is 0. The van der Waals surface area contributed by atoms with Crippen LogP contribution in [0.1, 0.15) is 96.3 Å². The number of hydrogen-bond acceptors (Lipinski definition) is 1. The maximum absolute atomic E-state index is 6.18. The van der Waals surface area contributed by atoms with Crippen molar-refractivity contribution < 1.29 is 4.74 Å². The van der Waals surface area contributed by atoms with Gasteiger partial charge in [-0.05, 0) is 43.9 Å². The first-order valence-corrected chi connectivity index (χ1v) is 10.7. The zero-order valence-electron chi connectivity index (χ0n) is 14.6. The molecular weight excluding hydrogens is 288 g/mol. The lowest BCUT2D eigenvalue weighted by atomic mass is 9.70. The van der Waals surface area contributed by atoms with E-state index in [-0.39, 0.29) is 0 Å². The van der Waals surface area contributed by atoms with Crippen LogP contribution in [-0.4, -0.2) is 18.5 Å². The molecule has 1 radical (unpaired) electrons. The highest BCUT2D eigenvalue weighted by atomic mass is 32.1. The molecule has 2 heteroatoms. The van der Waals surface area contributed by atoms with Gasteiger partial charge in [0.2, 0.25) is 0 Å². The maximum atomic E-state index is 6.18. The normalized spacial score (nSPS) is 28.5. The van der Waals surface area contributed by atoms with Crippen LogP contribution in [0.5, 0.6) is 0 Å². The molecule has 2 rings (SSSR count). The topological polar surface area (TPSA) is 9.23 Å². The van der Waals surface area contributed by atoms with Crippen LogP contribution in [-0.2, 0) is 4.74 Å². The Morgan fingerprint density at radius 2 is 1.32 bits per heavy atom. The number of fused-ring (bicyclic) bond motifs is 1. The Balaban J connectivity index is 1.39. The molecule has 0 saturated heterocycles. The number of ether oxygens (including phenoxy) is 1. The van der Waals surface area contributed by atoms with E-state index in [1.165, 1.54) is 96.3 Å². The van der Waals surface area contributed by atoms with E-state index in [4.69, 9.17) is 17.4 Å². The van der Waals surface area contributed by atoms with Gasteiger partial charge in [0, 0.05) is 12.4 Å². The standard InChI is InChI=1S/C20H37OS/c22-16-10-6-4-2-1-3-5-9-15-21-20-14-13-18-11-7-8-12-19(18)17-20/h18-20H,1-17H2. The fraction of sp³-hybridized carbons (Fsp3) is 1.00. The summed E-state index contributed by atoms with van der Waals surface area (Å²) in [7, 11) is 0. The Labute approximate surface area is 144 Å². The Morgan fingerprint density at radius 1 is 0.682 bits per heavy atom. The third-order valence-electron chi connectivity index (χ3n) is 5.88. The number of unbranched alkanes of at least 4 members (excludes halogenated alkanes) is 7. The molecule has 22 heavy (non-hydrogen) atoms. The fourth-order valence-electron chi connectivity index (χ4n) is 4.50. The molecule has 129 valence electrons. The lowest BCUT2D eigenvalue weighted by Gasteiger charge is -2.39. The van der Waals surface area contributed by atoms with E-state index in [2.05, 4.69) is 0 Å². The molecule has 0 aromatic heterocycles. The van der Waals surface area contributed by atoms with E-state index in [1.54, 1.807) is 0 Å². The second-order valence-electron chi connectivity index (χ2n) is 7.64. The number of rotatable bonds is 11. The molecule has 0 N–H and O–H groups in total. The van der Waals surface area contributed by atoms with Crippen LogP contribution in [0.15, 0.2) is 0 Å². The minimum Gasteiger partial charge on any atom is -0.378 e. The highest BCUT2D eigenvalue weighted by molar-refractivity contribution is 7.80. The lowest BCUT2D eigenvalue weighted by Crippen LogP contribution is -2.31. The summed E-state index contributed by atoms with van der Waals surface area (Å²) in [4.78, 5) is 0. The van der Waals surface area contributed by atoms with E-state index in [1.807, 2.05) is 0 Å². The van der Waals surface area contributed by atoms with Crippen LogP contribution in [0.4, 0.5) is 0 Å². The van der Waals surface area contributed by atoms with Gasteiger partial charge in [0.15, 0.2) is 0 Å². The minimum atomic E-state index is 0.595. The molecule has 0 bridgehead atoms. The van der Waals surface area contributed by atoms with Crippen LogP contribution in [0.25, 0.3) is 0 Å². The molecule has 3 unspecified atom stereocenters. The average Bonchev–Trinajstić information content (AvgIpc) is 2.56. The van der Waals surface area contributed by atoms with Crippen molar-refractivity contribution in [3.05, 3.63) is 0 Å². The fourth-order valence-corrected chi connectivity index (χ4v) is 4.70. The molecule has 0 aromatic carbocycles. The van der Waals surface area contributed by atoms with Crippen LogP contribution in [0.2, 0.25) is 0 Å². The van der Waals surface area contributed by atoms with Gasteiger partial charge in [-0.3, -0.25) is 0 Å². The minimum absolute atomic E-state index is 0.595. The number of hydrogen-bond donors (Lipinski definition) is 0. The predicted octanol–water partition coefficient (Wildman–Crippen LogP) is 6.68. The molecular formula is C20H37OS. The molecule has 0 amide bonds. The van der Waals surface area contributed by atoms with Crippen molar-refractivity contribution in [3.8, 4) is 0 Å². The molecule has 0 aliphatic heterocycles. The van der Waals surface area contributed by atoms with Gasteiger partial charge in [-0.15, -0.1) is 0 Å². The van der Waals surface area contributed by atoms with Gasteiger partial charge < -0.3 is 4.74 Å². The molecule has 2 aliphatic carbocycles. The second kappa shape index (κ2) is 11.8. The quantitative estimate of drug-likeness (QED) is 0.385. The Morgan fingerprint density at radius 3 is 2.05 bits per heavy atom. The summed E-state index contributed by atoms with van der Waals surface area (Å²) in [5, 5.41) is 0. The summed E-state index contributed by atoms with van der Waals surface area (Å²) in [6, 6.07) is 0. The van der Waals surface area contributed by atoms with E-state index < -0.39 is 0 Å². The lowest BCUT2D eigenvalue weighted by molar-refractivity contribution is -0.0141. The van der Waals surface area contributed by atoms with Gasteiger partial charge in [-0.1, -0.05) is 76.8 Å². The highest BCUT2D eigenvalue weighted by Gasteiger charge is 2.32. The van der Waals surface area contributed by atoms with E-state index >= 15 is 0 Å². The van der Waals surface area contributed by atoms with E-state index in [0.717, 1.165) is 24.2 Å². The Kier molecular flexibility index (Phi) is 9.99. The first-order valence-electron chi connectivity index (χ1n) is 10.1. The van der Waals surface area contributed by atoms with Crippen molar-refractivity contribution in [3.63, 3.8) is 0 Å². The van der Waals surface area contributed by atoms with Gasteiger partial charge in [0.1, 0.15) is 0 Å². The highest BCUT2D eigenvalue weighted by Crippen LogP contribution is 2.41. The first kappa shape index (κ1) is 18.6. The van der Waals surface area contributed by atoms with Crippen LogP contribution in [0.3, 0.4) is 0 Å². The van der Waals surface area contributed by atoms with E-state index in [9.17, 15) is 0 Å². The molecule has 2 saturated carbocycles. The smallest absolute Gasteiger partial charge is 0.0578 e. The van der Waals surface area contributed by atoms with Crippen molar-refractivity contribution in [1.82, 2.24) is 0 Å². The van der Waals surface area contributed by atoms with E-state index in [0.29, 0.717) is 6.10 Å². The van der Waals surface area contributed by atoms with Gasteiger partial charge in [0.25, 0.3) is 0 Å². The van der Waals surface area contributed by atoms with Gasteiger partial charge >= 0.3 is 0 Å². The van der Waals surface area contributed by atoms with Crippen LogP contribution >= 0.6 is 12.6 Å². The van der Waals surface area contributed by atoms with Crippen LogP contribution in [0, 0.1) is 11.8 Å². The molecule has 0 aromatic rings. The van der Waals surface area contributed by atoms with Crippen molar-refractivity contribution in [2.24, 2.45) is 11.8 Å². The molecule has 1 nitrogen and oxygen atoms in total. The SMILES string of the molecule is [S]CCCCCCCCCCOC1CCC2CCCCC2C1.